The fourth-order valence-corrected chi connectivity index (χ4v) is 3.69. The minimum Gasteiger partial charge on any atom is -0.461 e. The number of pyridine rings is 1. The van der Waals surface area contributed by atoms with E-state index in [0.717, 1.165) is 23.9 Å². The molecule has 0 aliphatic heterocycles. The monoisotopic (exact) mass is 489 g/mol. The summed E-state index contributed by atoms with van der Waals surface area (Å²) in [4.78, 5) is 28.7. The second kappa shape index (κ2) is 9.29. The van der Waals surface area contributed by atoms with Gasteiger partial charge in [0.25, 0.3) is 0 Å². The zero-order chi connectivity index (χ0) is 22.8. The Morgan fingerprint density at radius 1 is 1.23 bits per heavy atom. The van der Waals surface area contributed by atoms with E-state index in [-0.39, 0.29) is 21.6 Å². The molecule has 0 aliphatic carbocycles. The minimum absolute atomic E-state index is 0.0134. The van der Waals surface area contributed by atoms with Gasteiger partial charge in [-0.2, -0.15) is 18.3 Å². The Balaban J connectivity index is 2.09. The van der Waals surface area contributed by atoms with Crippen LogP contribution in [-0.2, 0) is 10.9 Å². The van der Waals surface area contributed by atoms with Crippen LogP contribution in [0.5, 0.6) is 0 Å². The molecule has 0 fully saturated rings. The maximum Gasteiger partial charge on any atom is 0.417 e. The van der Waals surface area contributed by atoms with Gasteiger partial charge in [0.1, 0.15) is 5.03 Å². The summed E-state index contributed by atoms with van der Waals surface area (Å²) in [6.07, 6.45) is -2.59. The molecule has 0 saturated carbocycles. The van der Waals surface area contributed by atoms with Crippen LogP contribution in [0.1, 0.15) is 23.0 Å². The van der Waals surface area contributed by atoms with Gasteiger partial charge < -0.3 is 4.74 Å². The lowest BCUT2D eigenvalue weighted by molar-refractivity contribution is -0.137. The quantitative estimate of drug-likeness (QED) is 0.453. The molecule has 0 unspecified atom stereocenters. The average molecular weight is 490 g/mol. The van der Waals surface area contributed by atoms with Gasteiger partial charge in [0.05, 0.1) is 27.8 Å². The first-order valence-corrected chi connectivity index (χ1v) is 10.1. The van der Waals surface area contributed by atoms with Crippen LogP contribution in [0.2, 0.25) is 10.0 Å². The first-order valence-electron chi connectivity index (χ1n) is 8.57. The second-order valence-corrected chi connectivity index (χ2v) is 7.82. The molecule has 1 aromatic carbocycles. The standard InChI is InChI=1S/C19H12Cl2F3N3O3S/c1-2-30-18(29)16-17(28)14(31-15-6-3-10(8-25-15)19(22,23)24)9-27(26-16)13-5-4-11(20)7-12(13)21/h3-9H,2H2,1H3. The van der Waals surface area contributed by atoms with E-state index in [1.54, 1.807) is 6.92 Å². The smallest absolute Gasteiger partial charge is 0.417 e. The summed E-state index contributed by atoms with van der Waals surface area (Å²) in [5.74, 6) is -0.950. The molecule has 0 saturated heterocycles. The van der Waals surface area contributed by atoms with E-state index in [4.69, 9.17) is 27.9 Å². The van der Waals surface area contributed by atoms with E-state index in [9.17, 15) is 22.8 Å². The van der Waals surface area contributed by atoms with Gasteiger partial charge in [-0.05, 0) is 37.3 Å². The number of carbonyl (C=O) groups is 1. The summed E-state index contributed by atoms with van der Waals surface area (Å²) in [5.41, 5.74) is -1.88. The van der Waals surface area contributed by atoms with Gasteiger partial charge in [0.15, 0.2) is 0 Å². The third kappa shape index (κ3) is 5.38. The van der Waals surface area contributed by atoms with Crippen LogP contribution in [0.15, 0.2) is 57.4 Å². The van der Waals surface area contributed by atoms with Crippen LogP contribution >= 0.6 is 35.0 Å². The van der Waals surface area contributed by atoms with E-state index in [2.05, 4.69) is 10.1 Å². The van der Waals surface area contributed by atoms with Gasteiger partial charge in [-0.1, -0.05) is 35.0 Å². The molecular weight excluding hydrogens is 478 g/mol. The molecule has 162 valence electrons. The Labute approximate surface area is 188 Å². The zero-order valence-electron chi connectivity index (χ0n) is 15.6. The first kappa shape index (κ1) is 23.1. The summed E-state index contributed by atoms with van der Waals surface area (Å²) >= 11 is 12.9. The number of carbonyl (C=O) groups excluding carboxylic acids is 1. The van der Waals surface area contributed by atoms with Crippen molar-refractivity contribution in [2.75, 3.05) is 6.61 Å². The average Bonchev–Trinajstić information content (AvgIpc) is 2.69. The van der Waals surface area contributed by atoms with E-state index >= 15 is 0 Å². The molecule has 0 spiro atoms. The Kier molecular flexibility index (Phi) is 6.93. The van der Waals surface area contributed by atoms with Crippen molar-refractivity contribution in [2.24, 2.45) is 0 Å². The molecule has 0 aliphatic rings. The van der Waals surface area contributed by atoms with Crippen LogP contribution in [0.3, 0.4) is 0 Å². The number of benzene rings is 1. The number of nitrogens with zero attached hydrogens (tertiary/aromatic N) is 3. The van der Waals surface area contributed by atoms with Crippen LogP contribution in [-0.4, -0.2) is 27.3 Å². The molecule has 6 nitrogen and oxygen atoms in total. The second-order valence-electron chi connectivity index (χ2n) is 5.92. The predicted molar refractivity (Wildman–Crippen MR) is 109 cm³/mol. The highest BCUT2D eigenvalue weighted by atomic mass is 35.5. The highest BCUT2D eigenvalue weighted by Crippen LogP contribution is 2.31. The predicted octanol–water partition coefficient (Wildman–Crippen LogP) is 5.28. The van der Waals surface area contributed by atoms with E-state index in [1.807, 2.05) is 0 Å². The third-order valence-corrected chi connectivity index (χ3v) is 5.29. The summed E-state index contributed by atoms with van der Waals surface area (Å²) < 4.78 is 44.3. The van der Waals surface area contributed by atoms with Crippen molar-refractivity contribution in [1.82, 2.24) is 14.8 Å². The van der Waals surface area contributed by atoms with Crippen molar-refractivity contribution >= 4 is 40.9 Å². The molecule has 3 rings (SSSR count). The summed E-state index contributed by atoms with van der Waals surface area (Å²) in [7, 11) is 0. The number of halogens is 5. The van der Waals surface area contributed by atoms with Crippen LogP contribution in [0.25, 0.3) is 5.69 Å². The van der Waals surface area contributed by atoms with E-state index in [0.29, 0.717) is 16.9 Å². The zero-order valence-corrected chi connectivity index (χ0v) is 17.9. The molecule has 12 heteroatoms. The molecule has 0 radical (unpaired) electrons. The summed E-state index contributed by atoms with van der Waals surface area (Å²) in [6, 6.07) is 6.49. The molecule has 2 heterocycles. The van der Waals surface area contributed by atoms with Gasteiger partial charge in [-0.3, -0.25) is 4.79 Å². The number of aromatic nitrogens is 3. The Hall–Kier alpha value is -2.56. The van der Waals surface area contributed by atoms with Crippen LogP contribution in [0.4, 0.5) is 13.2 Å². The van der Waals surface area contributed by atoms with Crippen molar-refractivity contribution in [3.63, 3.8) is 0 Å². The van der Waals surface area contributed by atoms with Crippen molar-refractivity contribution in [3.8, 4) is 5.69 Å². The van der Waals surface area contributed by atoms with Crippen molar-refractivity contribution < 1.29 is 22.7 Å². The lowest BCUT2D eigenvalue weighted by Crippen LogP contribution is -2.24. The normalized spacial score (nSPS) is 11.4. The molecule has 3 aromatic rings. The van der Waals surface area contributed by atoms with Gasteiger partial charge in [0, 0.05) is 17.4 Å². The summed E-state index contributed by atoms with van der Waals surface area (Å²) in [5, 5.41) is 4.69. The van der Waals surface area contributed by atoms with Crippen molar-refractivity contribution in [1.29, 1.82) is 0 Å². The highest BCUT2D eigenvalue weighted by molar-refractivity contribution is 7.99. The summed E-state index contributed by atoms with van der Waals surface area (Å²) in [6.45, 7) is 1.58. The van der Waals surface area contributed by atoms with E-state index < -0.39 is 28.8 Å². The molecule has 0 bridgehead atoms. The largest absolute Gasteiger partial charge is 0.461 e. The van der Waals surface area contributed by atoms with Crippen LogP contribution < -0.4 is 5.43 Å². The number of esters is 1. The number of ether oxygens (including phenoxy) is 1. The molecule has 31 heavy (non-hydrogen) atoms. The number of hydrogen-bond acceptors (Lipinski definition) is 6. The third-order valence-electron chi connectivity index (χ3n) is 3.79. The number of alkyl halides is 3. The fourth-order valence-electron chi connectivity index (χ4n) is 2.39. The molecular formula is C19H12Cl2F3N3O3S. The molecule has 2 aromatic heterocycles. The lowest BCUT2D eigenvalue weighted by Gasteiger charge is -2.12. The number of hydrogen-bond donors (Lipinski definition) is 0. The fraction of sp³-hybridized carbons (Fsp3) is 0.158. The maximum atomic E-state index is 12.8. The van der Waals surface area contributed by atoms with Crippen LogP contribution in [0, 0.1) is 0 Å². The van der Waals surface area contributed by atoms with Gasteiger partial charge in [-0.15, -0.1) is 0 Å². The molecule has 0 atom stereocenters. The molecule has 0 amide bonds. The highest BCUT2D eigenvalue weighted by Gasteiger charge is 2.30. The SMILES string of the molecule is CCOC(=O)c1nn(-c2ccc(Cl)cc2Cl)cc(Sc2ccc(C(F)(F)F)cn2)c1=O. The van der Waals surface area contributed by atoms with E-state index in [1.165, 1.54) is 29.1 Å². The Morgan fingerprint density at radius 2 is 1.97 bits per heavy atom. The molecule has 0 N–H and O–H groups in total. The first-order chi connectivity index (χ1) is 14.6. The van der Waals surface area contributed by atoms with Gasteiger partial charge in [-0.25, -0.2) is 14.5 Å². The number of rotatable bonds is 5. The van der Waals surface area contributed by atoms with Crippen molar-refractivity contribution in [2.45, 2.75) is 23.0 Å². The van der Waals surface area contributed by atoms with Gasteiger partial charge in [0.2, 0.25) is 11.1 Å². The Morgan fingerprint density at radius 3 is 2.55 bits per heavy atom. The Bertz CT molecular complexity index is 1180. The maximum absolute atomic E-state index is 12.8. The van der Waals surface area contributed by atoms with Gasteiger partial charge >= 0.3 is 12.1 Å². The van der Waals surface area contributed by atoms with Crippen molar-refractivity contribution in [3.05, 3.63) is 74.3 Å². The topological polar surface area (TPSA) is 74.1 Å². The lowest BCUT2D eigenvalue weighted by atomic mass is 10.3. The minimum atomic E-state index is -4.54.